The van der Waals surface area contributed by atoms with Crippen LogP contribution < -0.4 is 0 Å². The molecule has 0 bridgehead atoms. The van der Waals surface area contributed by atoms with Crippen LogP contribution in [0.2, 0.25) is 0 Å². The molecule has 0 aliphatic heterocycles. The number of halogens is 4. The van der Waals surface area contributed by atoms with Gasteiger partial charge in [0.25, 0.3) is 0 Å². The van der Waals surface area contributed by atoms with Crippen LogP contribution in [0.25, 0.3) is 0 Å². The highest BCUT2D eigenvalue weighted by atomic mass is 79.9. The van der Waals surface area contributed by atoms with Gasteiger partial charge in [0.15, 0.2) is 0 Å². The lowest BCUT2D eigenvalue weighted by atomic mass is 10.0. The van der Waals surface area contributed by atoms with Crippen molar-refractivity contribution in [1.29, 1.82) is 0 Å². The van der Waals surface area contributed by atoms with Gasteiger partial charge < -0.3 is 5.11 Å². The van der Waals surface area contributed by atoms with E-state index in [4.69, 9.17) is 0 Å². The van der Waals surface area contributed by atoms with Crippen molar-refractivity contribution in [1.82, 2.24) is 0 Å². The van der Waals surface area contributed by atoms with Crippen molar-refractivity contribution in [2.45, 2.75) is 25.6 Å². The van der Waals surface area contributed by atoms with Crippen LogP contribution in [0.4, 0.5) is 13.2 Å². The first-order valence-electron chi connectivity index (χ1n) is 4.91. The van der Waals surface area contributed by atoms with E-state index >= 15 is 0 Å². The van der Waals surface area contributed by atoms with Gasteiger partial charge in [0, 0.05) is 4.47 Å². The van der Waals surface area contributed by atoms with Crippen LogP contribution >= 0.6 is 15.9 Å². The third-order valence-electron chi connectivity index (χ3n) is 2.22. The molecule has 0 aliphatic carbocycles. The molecule has 0 fully saturated rings. The van der Waals surface area contributed by atoms with E-state index in [1.807, 2.05) is 0 Å². The lowest BCUT2D eigenvalue weighted by Gasteiger charge is -2.15. The third-order valence-corrected chi connectivity index (χ3v) is 2.91. The highest BCUT2D eigenvalue weighted by Gasteiger charge is 2.33. The smallest absolute Gasteiger partial charge is 0.388 e. The van der Waals surface area contributed by atoms with Crippen LogP contribution in [-0.4, -0.2) is 5.11 Å². The maximum atomic E-state index is 12.6. The molecule has 0 radical (unpaired) electrons. The summed E-state index contributed by atoms with van der Waals surface area (Å²) in [6.45, 7) is 5.33. The second-order valence-electron chi connectivity index (χ2n) is 3.91. The lowest BCUT2D eigenvalue weighted by molar-refractivity contribution is -0.138. The standard InChI is InChI=1S/C12H12BrF3O/c1-7(2)5-11(17)8-3-4-10(13)9(6-8)12(14,15)16/h3-4,6,11,17H,1,5H2,2H3. The molecule has 0 aromatic heterocycles. The highest BCUT2D eigenvalue weighted by molar-refractivity contribution is 9.10. The molecule has 1 atom stereocenters. The molecule has 0 heterocycles. The van der Waals surface area contributed by atoms with Crippen molar-refractivity contribution in [2.75, 3.05) is 0 Å². The number of hydrogen-bond acceptors (Lipinski definition) is 1. The summed E-state index contributed by atoms with van der Waals surface area (Å²) in [6, 6.07) is 3.71. The molecular formula is C12H12BrF3O. The number of rotatable bonds is 3. The molecular weight excluding hydrogens is 297 g/mol. The second kappa shape index (κ2) is 5.23. The average Bonchev–Trinajstić information content (AvgIpc) is 2.15. The Kier molecular flexibility index (Phi) is 4.38. The summed E-state index contributed by atoms with van der Waals surface area (Å²) in [6.07, 6.45) is -5.14. The average molecular weight is 309 g/mol. The first-order valence-corrected chi connectivity index (χ1v) is 5.70. The van der Waals surface area contributed by atoms with Crippen molar-refractivity contribution < 1.29 is 18.3 Å². The Morgan fingerprint density at radius 1 is 1.47 bits per heavy atom. The van der Waals surface area contributed by atoms with E-state index in [-0.39, 0.29) is 16.5 Å². The van der Waals surface area contributed by atoms with Crippen LogP contribution in [0.5, 0.6) is 0 Å². The summed E-state index contributed by atoms with van der Waals surface area (Å²) in [5, 5.41) is 9.73. The zero-order valence-electron chi connectivity index (χ0n) is 9.18. The number of aliphatic hydroxyl groups excluding tert-OH is 1. The van der Waals surface area contributed by atoms with Crippen molar-refractivity contribution in [3.8, 4) is 0 Å². The molecule has 0 amide bonds. The molecule has 1 unspecified atom stereocenters. The normalized spacial score (nSPS) is 13.5. The summed E-state index contributed by atoms with van der Waals surface area (Å²) >= 11 is 2.85. The number of aliphatic hydroxyl groups is 1. The third kappa shape index (κ3) is 3.85. The molecule has 1 aromatic rings. The van der Waals surface area contributed by atoms with Gasteiger partial charge >= 0.3 is 6.18 Å². The Morgan fingerprint density at radius 3 is 2.53 bits per heavy atom. The maximum Gasteiger partial charge on any atom is 0.417 e. The fourth-order valence-corrected chi connectivity index (χ4v) is 1.89. The second-order valence-corrected chi connectivity index (χ2v) is 4.77. The fourth-order valence-electron chi connectivity index (χ4n) is 1.42. The van der Waals surface area contributed by atoms with Gasteiger partial charge in [-0.2, -0.15) is 13.2 Å². The van der Waals surface area contributed by atoms with Gasteiger partial charge in [-0.1, -0.05) is 27.6 Å². The Morgan fingerprint density at radius 2 is 2.06 bits per heavy atom. The molecule has 17 heavy (non-hydrogen) atoms. The van der Waals surface area contributed by atoms with Gasteiger partial charge in [-0.25, -0.2) is 0 Å². The van der Waals surface area contributed by atoms with Gasteiger partial charge in [0.05, 0.1) is 11.7 Å². The van der Waals surface area contributed by atoms with Gasteiger partial charge in [-0.05, 0) is 31.0 Å². The number of alkyl halides is 3. The Bertz CT molecular complexity index is 426. The summed E-state index contributed by atoms with van der Waals surface area (Å²) in [5.74, 6) is 0. The fraction of sp³-hybridized carbons (Fsp3) is 0.333. The van der Waals surface area contributed by atoms with Gasteiger partial charge in [-0.3, -0.25) is 0 Å². The lowest BCUT2D eigenvalue weighted by Crippen LogP contribution is -2.08. The monoisotopic (exact) mass is 308 g/mol. The highest BCUT2D eigenvalue weighted by Crippen LogP contribution is 2.36. The molecule has 0 saturated carbocycles. The van der Waals surface area contributed by atoms with Gasteiger partial charge in [0.2, 0.25) is 0 Å². The Hall–Kier alpha value is -0.810. The summed E-state index contributed by atoms with van der Waals surface area (Å²) in [4.78, 5) is 0. The van der Waals surface area contributed by atoms with Crippen molar-refractivity contribution >= 4 is 15.9 Å². The minimum Gasteiger partial charge on any atom is -0.388 e. The molecule has 94 valence electrons. The van der Waals surface area contributed by atoms with Crippen LogP contribution in [0.1, 0.15) is 30.6 Å². The summed E-state index contributed by atoms with van der Waals surface area (Å²) < 4.78 is 37.8. The van der Waals surface area contributed by atoms with Crippen LogP contribution in [0.15, 0.2) is 34.8 Å². The van der Waals surface area contributed by atoms with Crippen molar-refractivity contribution in [3.63, 3.8) is 0 Å². The van der Waals surface area contributed by atoms with Crippen molar-refractivity contribution in [2.24, 2.45) is 0 Å². The quantitative estimate of drug-likeness (QED) is 0.817. The van der Waals surface area contributed by atoms with Gasteiger partial charge in [-0.15, -0.1) is 6.58 Å². The SMILES string of the molecule is C=C(C)CC(O)c1ccc(Br)c(C(F)(F)F)c1. The van der Waals surface area contributed by atoms with E-state index in [1.165, 1.54) is 12.1 Å². The van der Waals surface area contributed by atoms with Crippen LogP contribution in [0, 0.1) is 0 Å². The van der Waals surface area contributed by atoms with Crippen molar-refractivity contribution in [3.05, 3.63) is 46.0 Å². The molecule has 0 aliphatic rings. The van der Waals surface area contributed by atoms with E-state index in [0.717, 1.165) is 6.07 Å². The summed E-state index contributed by atoms with van der Waals surface area (Å²) in [7, 11) is 0. The van der Waals surface area contributed by atoms with E-state index in [2.05, 4.69) is 22.5 Å². The van der Waals surface area contributed by atoms with E-state index in [9.17, 15) is 18.3 Å². The van der Waals surface area contributed by atoms with Crippen LogP contribution in [-0.2, 0) is 6.18 Å². The topological polar surface area (TPSA) is 20.2 Å². The first-order chi connectivity index (χ1) is 7.71. The van der Waals surface area contributed by atoms with Crippen LogP contribution in [0.3, 0.4) is 0 Å². The number of hydrogen-bond donors (Lipinski definition) is 1. The van der Waals surface area contributed by atoms with Gasteiger partial charge in [0.1, 0.15) is 0 Å². The molecule has 1 N–H and O–H groups in total. The zero-order valence-corrected chi connectivity index (χ0v) is 10.8. The minimum atomic E-state index is -4.43. The largest absolute Gasteiger partial charge is 0.417 e. The van der Waals surface area contributed by atoms with E-state index in [1.54, 1.807) is 6.92 Å². The predicted molar refractivity (Wildman–Crippen MR) is 63.5 cm³/mol. The minimum absolute atomic E-state index is 0.0312. The predicted octanol–water partition coefficient (Wildman–Crippen LogP) is 4.47. The maximum absolute atomic E-state index is 12.6. The Balaban J connectivity index is 3.08. The molecule has 0 saturated heterocycles. The van der Waals surface area contributed by atoms with E-state index in [0.29, 0.717) is 5.57 Å². The molecule has 5 heteroatoms. The Labute approximate surface area is 106 Å². The molecule has 1 nitrogen and oxygen atoms in total. The molecule has 0 spiro atoms. The summed E-state index contributed by atoms with van der Waals surface area (Å²) in [5.41, 5.74) is 0.174. The number of benzene rings is 1. The first kappa shape index (κ1) is 14.3. The zero-order chi connectivity index (χ0) is 13.2. The van der Waals surface area contributed by atoms with E-state index < -0.39 is 17.8 Å². The molecule has 1 rings (SSSR count). The molecule has 1 aromatic carbocycles.